The predicted molar refractivity (Wildman–Crippen MR) is 118 cm³/mol. The average Bonchev–Trinajstić information content (AvgIpc) is 2.55. The molecule has 7 heteroatoms. The van der Waals surface area contributed by atoms with Gasteiger partial charge in [-0.05, 0) is 89.6 Å². The van der Waals surface area contributed by atoms with Gasteiger partial charge in [0.15, 0.2) is 5.11 Å². The molecule has 0 heterocycles. The lowest BCUT2D eigenvalue weighted by molar-refractivity contribution is 0.0974. The first kappa shape index (κ1) is 20.1. The second-order valence-electron chi connectivity index (χ2n) is 5.37. The van der Waals surface area contributed by atoms with Crippen molar-refractivity contribution in [2.24, 2.45) is 0 Å². The highest BCUT2D eigenvalue weighted by Crippen LogP contribution is 2.27. The topological polar surface area (TPSA) is 50.4 Å². The molecule has 0 fully saturated rings. The van der Waals surface area contributed by atoms with Crippen molar-refractivity contribution < 1.29 is 9.53 Å². The lowest BCUT2D eigenvalue weighted by Crippen LogP contribution is -2.34. The molecule has 0 atom stereocenters. The number of aryl methyl sites for hydroxylation is 2. The molecule has 1 amide bonds. The van der Waals surface area contributed by atoms with Crippen molar-refractivity contribution in [3.8, 4) is 5.75 Å². The van der Waals surface area contributed by atoms with Crippen LogP contribution in [0.15, 0.2) is 34.8 Å². The molecule has 0 aliphatic carbocycles. The highest BCUT2D eigenvalue weighted by Gasteiger charge is 2.17. The van der Waals surface area contributed by atoms with Crippen molar-refractivity contribution in [3.63, 3.8) is 0 Å². The van der Waals surface area contributed by atoms with Crippen molar-refractivity contribution in [1.82, 2.24) is 5.32 Å². The molecule has 0 unspecified atom stereocenters. The Kier molecular flexibility index (Phi) is 7.21. The summed E-state index contributed by atoms with van der Waals surface area (Å²) in [5, 5.41) is 6.07. The fourth-order valence-electron chi connectivity index (χ4n) is 2.47. The lowest BCUT2D eigenvalue weighted by atomic mass is 10.1. The molecule has 0 saturated heterocycles. The summed E-state index contributed by atoms with van der Waals surface area (Å²) in [7, 11) is 1.54. The lowest BCUT2D eigenvalue weighted by Gasteiger charge is -2.15. The second-order valence-corrected chi connectivity index (χ2v) is 7.94. The third-order valence-electron chi connectivity index (χ3n) is 3.61. The summed E-state index contributed by atoms with van der Waals surface area (Å²) in [6.07, 6.45) is 0.869. The van der Waals surface area contributed by atoms with Crippen molar-refractivity contribution in [3.05, 3.63) is 55.1 Å². The van der Waals surface area contributed by atoms with Crippen LogP contribution in [0.1, 0.15) is 28.4 Å². The van der Waals surface area contributed by atoms with E-state index in [0.29, 0.717) is 11.3 Å². The summed E-state index contributed by atoms with van der Waals surface area (Å²) < 4.78 is 7.32. The van der Waals surface area contributed by atoms with E-state index in [1.54, 1.807) is 13.2 Å². The summed E-state index contributed by atoms with van der Waals surface area (Å²) in [4.78, 5) is 12.6. The zero-order chi connectivity index (χ0) is 18.6. The van der Waals surface area contributed by atoms with Crippen LogP contribution in [-0.2, 0) is 6.42 Å². The molecule has 0 bridgehead atoms. The van der Waals surface area contributed by atoms with E-state index in [9.17, 15) is 4.79 Å². The molecule has 0 spiro atoms. The summed E-state index contributed by atoms with van der Waals surface area (Å²) in [5.41, 5.74) is 3.33. The Labute approximate surface area is 175 Å². The van der Waals surface area contributed by atoms with Gasteiger partial charge in [-0.3, -0.25) is 10.1 Å². The molecule has 132 valence electrons. The third-order valence-corrected chi connectivity index (χ3v) is 4.94. The SMILES string of the molecule is CCc1cc(I)ccc1NC(=S)NC(=O)c1cc(Br)cc(C)c1OC. The molecular weight excluding hydrogens is 515 g/mol. The van der Waals surface area contributed by atoms with E-state index in [2.05, 4.69) is 62.1 Å². The van der Waals surface area contributed by atoms with E-state index in [1.165, 1.54) is 0 Å². The number of hydrogen-bond acceptors (Lipinski definition) is 3. The maximum Gasteiger partial charge on any atom is 0.261 e. The summed E-state index contributed by atoms with van der Waals surface area (Å²) >= 11 is 11.0. The van der Waals surface area contributed by atoms with E-state index < -0.39 is 0 Å². The molecule has 0 aromatic heterocycles. The van der Waals surface area contributed by atoms with Gasteiger partial charge in [-0.25, -0.2) is 0 Å². The van der Waals surface area contributed by atoms with Gasteiger partial charge in [-0.15, -0.1) is 0 Å². The van der Waals surface area contributed by atoms with Gasteiger partial charge in [0.2, 0.25) is 0 Å². The monoisotopic (exact) mass is 532 g/mol. The maximum absolute atomic E-state index is 12.6. The van der Waals surface area contributed by atoms with Crippen molar-refractivity contribution in [1.29, 1.82) is 0 Å². The fourth-order valence-corrected chi connectivity index (χ4v) is 3.80. The van der Waals surface area contributed by atoms with Gasteiger partial charge in [0.1, 0.15) is 5.75 Å². The molecule has 4 nitrogen and oxygen atoms in total. The molecule has 2 rings (SSSR count). The predicted octanol–water partition coefficient (Wildman–Crippen LogP) is 5.06. The van der Waals surface area contributed by atoms with Crippen molar-refractivity contribution in [2.45, 2.75) is 20.3 Å². The molecule has 0 aliphatic rings. The van der Waals surface area contributed by atoms with E-state index in [0.717, 1.165) is 31.3 Å². The summed E-state index contributed by atoms with van der Waals surface area (Å²) in [6.45, 7) is 3.96. The zero-order valence-corrected chi connectivity index (χ0v) is 18.6. The Bertz CT molecular complexity index is 827. The number of nitrogens with one attached hydrogen (secondary N) is 2. The minimum Gasteiger partial charge on any atom is -0.496 e. The van der Waals surface area contributed by atoms with Crippen LogP contribution in [0.5, 0.6) is 5.75 Å². The van der Waals surface area contributed by atoms with Crippen LogP contribution in [-0.4, -0.2) is 18.1 Å². The van der Waals surface area contributed by atoms with Crippen LogP contribution in [0.25, 0.3) is 0 Å². The van der Waals surface area contributed by atoms with E-state index >= 15 is 0 Å². The molecule has 2 N–H and O–H groups in total. The number of benzene rings is 2. The van der Waals surface area contributed by atoms with Gasteiger partial charge in [0, 0.05) is 13.7 Å². The van der Waals surface area contributed by atoms with Crippen LogP contribution >= 0.6 is 50.7 Å². The van der Waals surface area contributed by atoms with Crippen LogP contribution in [0.3, 0.4) is 0 Å². The Morgan fingerprint density at radius 2 is 2.04 bits per heavy atom. The fraction of sp³-hybridized carbons (Fsp3) is 0.222. The van der Waals surface area contributed by atoms with Crippen LogP contribution in [0, 0.1) is 10.5 Å². The number of rotatable bonds is 4. The first-order chi connectivity index (χ1) is 11.8. The van der Waals surface area contributed by atoms with Gasteiger partial charge in [-0.1, -0.05) is 22.9 Å². The largest absolute Gasteiger partial charge is 0.496 e. The summed E-state index contributed by atoms with van der Waals surface area (Å²) in [5.74, 6) is 0.217. The molecular formula is C18H18BrIN2O2S. The molecule has 0 saturated carbocycles. The number of methoxy groups -OCH3 is 1. The Hall–Kier alpha value is -1.19. The van der Waals surface area contributed by atoms with E-state index in [4.69, 9.17) is 17.0 Å². The number of hydrogen-bond donors (Lipinski definition) is 2. The number of carbonyl (C=O) groups excluding carboxylic acids is 1. The molecule has 2 aromatic carbocycles. The van der Waals surface area contributed by atoms with Gasteiger partial charge < -0.3 is 10.1 Å². The molecule has 0 aliphatic heterocycles. The summed E-state index contributed by atoms with van der Waals surface area (Å²) in [6, 6.07) is 9.65. The maximum atomic E-state index is 12.6. The average molecular weight is 533 g/mol. The number of thiocarbonyl (C=S) groups is 1. The zero-order valence-electron chi connectivity index (χ0n) is 14.1. The highest BCUT2D eigenvalue weighted by molar-refractivity contribution is 14.1. The number of carbonyl (C=O) groups is 1. The van der Waals surface area contributed by atoms with Crippen LogP contribution in [0.2, 0.25) is 0 Å². The van der Waals surface area contributed by atoms with E-state index in [1.807, 2.05) is 25.1 Å². The Morgan fingerprint density at radius 3 is 2.68 bits per heavy atom. The van der Waals surface area contributed by atoms with Gasteiger partial charge >= 0.3 is 0 Å². The van der Waals surface area contributed by atoms with Gasteiger partial charge in [0.25, 0.3) is 5.91 Å². The minimum absolute atomic E-state index is 0.251. The van der Waals surface area contributed by atoms with Crippen molar-refractivity contribution >= 4 is 67.4 Å². The number of halogens is 2. The number of amides is 1. The second kappa shape index (κ2) is 8.95. The highest BCUT2D eigenvalue weighted by atomic mass is 127. The Morgan fingerprint density at radius 1 is 1.32 bits per heavy atom. The third kappa shape index (κ3) is 5.15. The molecule has 2 aromatic rings. The smallest absolute Gasteiger partial charge is 0.261 e. The number of ether oxygens (including phenoxy) is 1. The van der Waals surface area contributed by atoms with E-state index in [-0.39, 0.29) is 11.0 Å². The Balaban J connectivity index is 2.18. The van der Waals surface area contributed by atoms with Gasteiger partial charge in [-0.2, -0.15) is 0 Å². The first-order valence-corrected chi connectivity index (χ1v) is 9.88. The molecule has 25 heavy (non-hydrogen) atoms. The minimum atomic E-state index is -0.317. The first-order valence-electron chi connectivity index (χ1n) is 7.60. The molecule has 0 radical (unpaired) electrons. The van der Waals surface area contributed by atoms with Crippen LogP contribution in [0.4, 0.5) is 5.69 Å². The van der Waals surface area contributed by atoms with Crippen LogP contribution < -0.4 is 15.4 Å². The van der Waals surface area contributed by atoms with Crippen molar-refractivity contribution in [2.75, 3.05) is 12.4 Å². The van der Waals surface area contributed by atoms with Gasteiger partial charge in [0.05, 0.1) is 12.7 Å². The number of anilines is 1. The normalized spacial score (nSPS) is 10.3. The standard InChI is InChI=1S/C18H18BrIN2O2S/c1-4-11-8-13(20)5-6-15(11)21-18(25)22-17(23)14-9-12(19)7-10(2)16(14)24-3/h5-9H,4H2,1-3H3,(H2,21,22,23,25). The quantitative estimate of drug-likeness (QED) is 0.427.